The molecule has 34 heavy (non-hydrogen) atoms. The van der Waals surface area contributed by atoms with Gasteiger partial charge in [0.15, 0.2) is 11.5 Å². The van der Waals surface area contributed by atoms with E-state index in [1.165, 1.54) is 6.08 Å². The molecule has 1 heterocycles. The predicted octanol–water partition coefficient (Wildman–Crippen LogP) is 5.54. The summed E-state index contributed by atoms with van der Waals surface area (Å²) in [5.41, 5.74) is 4.22. The minimum atomic E-state index is -0.208. The van der Waals surface area contributed by atoms with Crippen molar-refractivity contribution >= 4 is 23.6 Å². The number of halogens is 1. The Morgan fingerprint density at radius 3 is 2.44 bits per heavy atom. The van der Waals surface area contributed by atoms with Gasteiger partial charge in [0.1, 0.15) is 5.69 Å². The molecule has 6 nitrogen and oxygen atoms in total. The number of para-hydroxylation sites is 1. The zero-order valence-corrected chi connectivity index (χ0v) is 19.6. The van der Waals surface area contributed by atoms with Gasteiger partial charge in [-0.2, -0.15) is 5.10 Å². The molecular formula is C27H24ClN3O3. The van der Waals surface area contributed by atoms with Gasteiger partial charge in [0, 0.05) is 35.0 Å². The molecule has 0 aliphatic heterocycles. The van der Waals surface area contributed by atoms with E-state index in [4.69, 9.17) is 26.2 Å². The first kappa shape index (κ1) is 23.1. The number of methoxy groups -OCH3 is 2. The summed E-state index contributed by atoms with van der Waals surface area (Å²) < 4.78 is 12.6. The highest BCUT2D eigenvalue weighted by Gasteiger charge is 2.14. The molecule has 4 rings (SSSR count). The smallest absolute Gasteiger partial charge is 0.244 e. The van der Waals surface area contributed by atoms with E-state index >= 15 is 0 Å². The van der Waals surface area contributed by atoms with Crippen LogP contribution in [0.2, 0.25) is 5.02 Å². The standard InChI is InChI=1S/C27H24ClN3O3/c1-33-24-14-10-20(16-25(24)34-2)27-21(18-31(30-27)23-6-4-3-5-7-23)11-15-26(32)29-17-19-8-12-22(28)13-9-19/h3-16,18H,17H2,1-2H3,(H,29,32)/b15-11+. The largest absolute Gasteiger partial charge is 0.493 e. The molecule has 0 saturated heterocycles. The lowest BCUT2D eigenvalue weighted by atomic mass is 10.1. The quantitative estimate of drug-likeness (QED) is 0.341. The molecule has 1 N–H and O–H groups in total. The number of benzene rings is 3. The van der Waals surface area contributed by atoms with Gasteiger partial charge in [0.05, 0.1) is 19.9 Å². The number of nitrogens with zero attached hydrogens (tertiary/aromatic N) is 2. The molecular weight excluding hydrogens is 450 g/mol. The van der Waals surface area contributed by atoms with Gasteiger partial charge < -0.3 is 14.8 Å². The first-order valence-corrected chi connectivity index (χ1v) is 11.0. The molecule has 3 aromatic carbocycles. The average molecular weight is 474 g/mol. The van der Waals surface area contributed by atoms with Crippen molar-refractivity contribution in [3.8, 4) is 28.4 Å². The molecule has 0 aliphatic rings. The maximum Gasteiger partial charge on any atom is 0.244 e. The van der Waals surface area contributed by atoms with Gasteiger partial charge in [-0.1, -0.05) is 41.9 Å². The highest BCUT2D eigenvalue weighted by Crippen LogP contribution is 2.33. The van der Waals surface area contributed by atoms with Crippen LogP contribution in [0.5, 0.6) is 11.5 Å². The van der Waals surface area contributed by atoms with Crippen LogP contribution >= 0.6 is 11.6 Å². The van der Waals surface area contributed by atoms with E-state index in [2.05, 4.69) is 5.32 Å². The lowest BCUT2D eigenvalue weighted by molar-refractivity contribution is -0.116. The fraction of sp³-hybridized carbons (Fsp3) is 0.111. The highest BCUT2D eigenvalue weighted by atomic mass is 35.5. The van der Waals surface area contributed by atoms with Gasteiger partial charge in [0.25, 0.3) is 0 Å². The summed E-state index contributed by atoms with van der Waals surface area (Å²) in [6.45, 7) is 0.409. The van der Waals surface area contributed by atoms with E-state index in [9.17, 15) is 4.79 Å². The van der Waals surface area contributed by atoms with E-state index in [1.807, 2.05) is 66.9 Å². The fourth-order valence-corrected chi connectivity index (χ4v) is 3.57. The molecule has 0 radical (unpaired) electrons. The molecule has 0 atom stereocenters. The van der Waals surface area contributed by atoms with Gasteiger partial charge in [-0.15, -0.1) is 0 Å². The molecule has 0 aliphatic carbocycles. The second kappa shape index (κ2) is 10.7. The maximum atomic E-state index is 12.5. The monoisotopic (exact) mass is 473 g/mol. The van der Waals surface area contributed by atoms with Gasteiger partial charge in [0.2, 0.25) is 5.91 Å². The van der Waals surface area contributed by atoms with E-state index in [0.29, 0.717) is 28.8 Å². The third kappa shape index (κ3) is 5.47. The summed E-state index contributed by atoms with van der Waals surface area (Å²) in [7, 11) is 3.19. The number of carbonyl (C=O) groups is 1. The summed E-state index contributed by atoms with van der Waals surface area (Å²) >= 11 is 5.92. The van der Waals surface area contributed by atoms with Gasteiger partial charge >= 0.3 is 0 Å². The minimum absolute atomic E-state index is 0.208. The summed E-state index contributed by atoms with van der Waals surface area (Å²) in [6, 6.07) is 22.8. The Balaban J connectivity index is 1.62. The second-order valence-electron chi connectivity index (χ2n) is 7.46. The Morgan fingerprint density at radius 2 is 1.74 bits per heavy atom. The van der Waals surface area contributed by atoms with Crippen LogP contribution in [0.25, 0.3) is 23.0 Å². The Labute approximate surface area is 203 Å². The molecule has 7 heteroatoms. The lowest BCUT2D eigenvalue weighted by Gasteiger charge is -2.09. The first-order chi connectivity index (χ1) is 16.6. The van der Waals surface area contributed by atoms with Crippen molar-refractivity contribution in [2.45, 2.75) is 6.54 Å². The number of carbonyl (C=O) groups excluding carboxylic acids is 1. The van der Waals surface area contributed by atoms with Gasteiger partial charge in [-0.3, -0.25) is 4.79 Å². The van der Waals surface area contributed by atoms with Crippen LogP contribution in [0.1, 0.15) is 11.1 Å². The van der Waals surface area contributed by atoms with Gasteiger partial charge in [-0.05, 0) is 54.1 Å². The Kier molecular flexibility index (Phi) is 7.30. The summed E-state index contributed by atoms with van der Waals surface area (Å²) in [5.74, 6) is 1.03. The molecule has 0 unspecified atom stereocenters. The molecule has 0 bridgehead atoms. The minimum Gasteiger partial charge on any atom is -0.493 e. The molecule has 0 fully saturated rings. The Hall–Kier alpha value is -4.03. The van der Waals surface area contributed by atoms with Crippen LogP contribution in [0.15, 0.2) is 85.1 Å². The number of hydrogen-bond donors (Lipinski definition) is 1. The number of rotatable bonds is 8. The molecule has 0 saturated carbocycles. The van der Waals surface area contributed by atoms with Crippen molar-refractivity contribution in [1.82, 2.24) is 15.1 Å². The van der Waals surface area contributed by atoms with Crippen LogP contribution in [-0.2, 0) is 11.3 Å². The third-order valence-corrected chi connectivity index (χ3v) is 5.47. The van der Waals surface area contributed by atoms with Crippen molar-refractivity contribution in [1.29, 1.82) is 0 Å². The number of hydrogen-bond acceptors (Lipinski definition) is 4. The SMILES string of the molecule is COc1ccc(-c2nn(-c3ccccc3)cc2/C=C/C(=O)NCc2ccc(Cl)cc2)cc1OC. The van der Waals surface area contributed by atoms with Gasteiger partial charge in [-0.25, -0.2) is 4.68 Å². The normalized spacial score (nSPS) is 10.9. The molecule has 0 spiro atoms. The number of amides is 1. The van der Waals surface area contributed by atoms with Crippen LogP contribution < -0.4 is 14.8 Å². The van der Waals surface area contributed by atoms with Crippen LogP contribution in [0.3, 0.4) is 0 Å². The molecule has 1 aromatic heterocycles. The van der Waals surface area contributed by atoms with E-state index < -0.39 is 0 Å². The van der Waals surface area contributed by atoms with Crippen molar-refractivity contribution in [3.63, 3.8) is 0 Å². The number of aromatic nitrogens is 2. The van der Waals surface area contributed by atoms with E-state index in [-0.39, 0.29) is 5.91 Å². The first-order valence-electron chi connectivity index (χ1n) is 10.6. The molecule has 1 amide bonds. The third-order valence-electron chi connectivity index (χ3n) is 5.21. The molecule has 4 aromatic rings. The fourth-order valence-electron chi connectivity index (χ4n) is 3.45. The Bertz CT molecular complexity index is 1300. The highest BCUT2D eigenvalue weighted by molar-refractivity contribution is 6.30. The average Bonchev–Trinajstić information content (AvgIpc) is 3.31. The van der Waals surface area contributed by atoms with Crippen molar-refractivity contribution in [3.05, 3.63) is 101 Å². The van der Waals surface area contributed by atoms with Crippen LogP contribution in [0.4, 0.5) is 0 Å². The predicted molar refractivity (Wildman–Crippen MR) is 134 cm³/mol. The molecule has 172 valence electrons. The van der Waals surface area contributed by atoms with Crippen molar-refractivity contribution in [2.24, 2.45) is 0 Å². The summed E-state index contributed by atoms with van der Waals surface area (Å²) in [6.07, 6.45) is 5.16. The van der Waals surface area contributed by atoms with Crippen molar-refractivity contribution in [2.75, 3.05) is 14.2 Å². The number of ether oxygens (including phenoxy) is 2. The maximum absolute atomic E-state index is 12.5. The Morgan fingerprint density at radius 1 is 1.00 bits per heavy atom. The lowest BCUT2D eigenvalue weighted by Crippen LogP contribution is -2.20. The van der Waals surface area contributed by atoms with Crippen molar-refractivity contribution < 1.29 is 14.3 Å². The van der Waals surface area contributed by atoms with E-state index in [1.54, 1.807) is 37.1 Å². The number of nitrogens with one attached hydrogen (secondary N) is 1. The van der Waals surface area contributed by atoms with E-state index in [0.717, 1.165) is 22.4 Å². The van der Waals surface area contributed by atoms with Crippen LogP contribution in [-0.4, -0.2) is 29.9 Å². The second-order valence-corrected chi connectivity index (χ2v) is 7.90. The topological polar surface area (TPSA) is 65.4 Å². The summed E-state index contributed by atoms with van der Waals surface area (Å²) in [5, 5.41) is 8.33. The van der Waals surface area contributed by atoms with Crippen LogP contribution in [0, 0.1) is 0 Å². The zero-order chi connectivity index (χ0) is 23.9. The zero-order valence-electron chi connectivity index (χ0n) is 18.9. The summed E-state index contributed by atoms with van der Waals surface area (Å²) in [4.78, 5) is 12.5.